The van der Waals surface area contributed by atoms with Gasteiger partial charge in [0.15, 0.2) is 30.9 Å². The number of rotatable bonds is 7. The van der Waals surface area contributed by atoms with Crippen molar-refractivity contribution in [2.75, 3.05) is 6.61 Å². The Labute approximate surface area is 368 Å². The van der Waals surface area contributed by atoms with Crippen LogP contribution in [0.3, 0.4) is 0 Å². The second-order valence-corrected chi connectivity index (χ2v) is 21.3. The SMILES string of the molecule is C[C@@H]1C[C@H](O)[C@@]2(O[C@H]1O)O[C@H]1C[C@H]3[C@@H]4CC=C5C[C@@H](O[C@@H]6O[C@H](CO)[C@@H](O[C@@H]7O[C@@H](C)[C@H](O)[C@@H](O)[C@H]7O)[C@H](O)[C@H]6O[C@@H]6O[C@@H](C)[C@H](O)[C@@H](O)[C@H]6O)CC[C@]5(C)[C@H]4CC[C@]3(C)[C@H]1[C@@H]2C. The first-order valence-corrected chi connectivity index (χ1v) is 23.4. The van der Waals surface area contributed by atoms with Crippen LogP contribution in [0.2, 0.25) is 0 Å². The van der Waals surface area contributed by atoms with E-state index in [0.29, 0.717) is 37.0 Å². The minimum absolute atomic E-state index is 0.0189. The van der Waals surface area contributed by atoms with Crippen LogP contribution in [0.1, 0.15) is 92.9 Å². The summed E-state index contributed by atoms with van der Waals surface area (Å²) in [4.78, 5) is 0. The Kier molecular flexibility index (Phi) is 12.9. The molecule has 1 spiro atoms. The van der Waals surface area contributed by atoms with Crippen LogP contribution in [0, 0.1) is 46.3 Å². The lowest BCUT2D eigenvalue weighted by atomic mass is 9.47. The average Bonchev–Trinajstić information content (AvgIpc) is 3.70. The Hall–Kier alpha value is -0.980. The highest BCUT2D eigenvalue weighted by atomic mass is 16.8. The van der Waals surface area contributed by atoms with Crippen LogP contribution in [-0.4, -0.2) is 180 Å². The summed E-state index contributed by atoms with van der Waals surface area (Å²) >= 11 is 0. The Morgan fingerprint density at radius 3 is 1.94 bits per heavy atom. The molecule has 0 unspecified atom stereocenters. The predicted octanol–water partition coefficient (Wildman–Crippen LogP) is -0.469. The Bertz CT molecular complexity index is 1670. The van der Waals surface area contributed by atoms with Gasteiger partial charge in [-0.05, 0) is 99.7 Å². The smallest absolute Gasteiger partial charge is 0.200 e. The van der Waals surface area contributed by atoms with E-state index < -0.39 is 123 Å². The van der Waals surface area contributed by atoms with Gasteiger partial charge in [0, 0.05) is 11.8 Å². The Morgan fingerprint density at radius 1 is 0.667 bits per heavy atom. The van der Waals surface area contributed by atoms with Gasteiger partial charge < -0.3 is 89.0 Å². The van der Waals surface area contributed by atoms with Crippen molar-refractivity contribution >= 4 is 0 Å². The maximum absolute atomic E-state index is 12.0. The maximum atomic E-state index is 12.0. The molecular weight excluding hydrogens is 828 g/mol. The molecule has 0 aromatic rings. The quantitative estimate of drug-likeness (QED) is 0.145. The Morgan fingerprint density at radius 2 is 1.30 bits per heavy atom. The zero-order valence-electron chi connectivity index (χ0n) is 37.1. The summed E-state index contributed by atoms with van der Waals surface area (Å²) in [5.74, 6) is -0.00648. The van der Waals surface area contributed by atoms with Crippen molar-refractivity contribution in [2.24, 2.45) is 46.3 Å². The first kappa shape index (κ1) is 47.1. The number of hydrogen-bond acceptors (Lipinski definition) is 18. The monoisotopic (exact) mass is 900 g/mol. The van der Waals surface area contributed by atoms with Gasteiger partial charge in [-0.15, -0.1) is 0 Å². The van der Waals surface area contributed by atoms with E-state index in [1.807, 2.05) is 6.92 Å². The van der Waals surface area contributed by atoms with Crippen LogP contribution in [-0.2, 0) is 37.9 Å². The minimum Gasteiger partial charge on any atom is -0.394 e. The van der Waals surface area contributed by atoms with Gasteiger partial charge in [0.25, 0.3) is 0 Å². The van der Waals surface area contributed by atoms with Crippen LogP contribution in [0.4, 0.5) is 0 Å². The molecule has 360 valence electrons. The van der Waals surface area contributed by atoms with Crippen molar-refractivity contribution < 1.29 is 89.0 Å². The summed E-state index contributed by atoms with van der Waals surface area (Å²) in [5.41, 5.74) is 1.17. The van der Waals surface area contributed by atoms with E-state index in [1.165, 1.54) is 19.4 Å². The average molecular weight is 901 g/mol. The molecule has 18 nitrogen and oxygen atoms in total. The molecule has 0 aromatic heterocycles. The third-order valence-corrected chi connectivity index (χ3v) is 17.8. The maximum Gasteiger partial charge on any atom is 0.200 e. The van der Waals surface area contributed by atoms with Gasteiger partial charge >= 0.3 is 0 Å². The van der Waals surface area contributed by atoms with E-state index in [0.717, 1.165) is 32.1 Å². The van der Waals surface area contributed by atoms with Crippen molar-refractivity contribution in [3.63, 3.8) is 0 Å². The van der Waals surface area contributed by atoms with E-state index in [4.69, 9.17) is 37.9 Å². The van der Waals surface area contributed by atoms with E-state index >= 15 is 0 Å². The van der Waals surface area contributed by atoms with Crippen LogP contribution >= 0.6 is 0 Å². The summed E-state index contributed by atoms with van der Waals surface area (Å²) in [6.45, 7) is 11.1. The van der Waals surface area contributed by atoms with Gasteiger partial charge in [0.2, 0.25) is 0 Å². The highest BCUT2D eigenvalue weighted by Gasteiger charge is 2.71. The zero-order valence-corrected chi connectivity index (χ0v) is 37.1. The minimum atomic E-state index is -1.73. The molecule has 0 bridgehead atoms. The predicted molar refractivity (Wildman–Crippen MR) is 215 cm³/mol. The largest absolute Gasteiger partial charge is 0.394 e. The van der Waals surface area contributed by atoms with Crippen LogP contribution < -0.4 is 0 Å². The molecule has 0 radical (unpaired) electrons. The Balaban J connectivity index is 0.917. The van der Waals surface area contributed by atoms with Crippen molar-refractivity contribution in [3.8, 4) is 0 Å². The molecule has 9 aliphatic rings. The molecule has 63 heavy (non-hydrogen) atoms. The molecule has 5 saturated heterocycles. The lowest BCUT2D eigenvalue weighted by molar-refractivity contribution is -0.388. The van der Waals surface area contributed by atoms with Crippen LogP contribution in [0.15, 0.2) is 11.6 Å². The summed E-state index contributed by atoms with van der Waals surface area (Å²) in [5, 5.41) is 108. The molecule has 8 fully saturated rings. The number of hydrogen-bond donors (Lipinski definition) is 10. The molecule has 4 aliphatic carbocycles. The second-order valence-electron chi connectivity index (χ2n) is 21.3. The molecular formula is C45H72O18. The van der Waals surface area contributed by atoms with E-state index in [-0.39, 0.29) is 34.7 Å². The van der Waals surface area contributed by atoms with E-state index in [9.17, 15) is 51.1 Å². The third-order valence-electron chi connectivity index (χ3n) is 17.8. The highest BCUT2D eigenvalue weighted by molar-refractivity contribution is 5.26. The third kappa shape index (κ3) is 7.53. The number of aliphatic hydroxyl groups is 10. The molecule has 18 heteroatoms. The van der Waals surface area contributed by atoms with Gasteiger partial charge in [-0.25, -0.2) is 0 Å². The van der Waals surface area contributed by atoms with Crippen molar-refractivity contribution in [2.45, 2.75) is 215 Å². The fourth-order valence-corrected chi connectivity index (χ4v) is 14.1. The highest BCUT2D eigenvalue weighted by Crippen LogP contribution is 2.71. The van der Waals surface area contributed by atoms with Gasteiger partial charge in [-0.2, -0.15) is 0 Å². The summed E-state index contributed by atoms with van der Waals surface area (Å²) in [6.07, 6.45) is -15.4. The molecule has 5 heterocycles. The fraction of sp³-hybridized carbons (Fsp3) is 0.956. The number of allylic oxidation sites excluding steroid dienone is 1. The lowest BCUT2D eigenvalue weighted by Crippen LogP contribution is -2.66. The van der Waals surface area contributed by atoms with Crippen molar-refractivity contribution in [3.05, 3.63) is 11.6 Å². The molecule has 0 amide bonds. The fourth-order valence-electron chi connectivity index (χ4n) is 14.1. The number of fused-ring (bicyclic) bond motifs is 7. The second kappa shape index (κ2) is 17.2. The molecule has 28 atom stereocenters. The molecule has 5 aliphatic heterocycles. The first-order valence-electron chi connectivity index (χ1n) is 23.4. The number of ether oxygens (including phenoxy) is 8. The summed E-state index contributed by atoms with van der Waals surface area (Å²) in [6, 6.07) is 0. The molecule has 9 rings (SSSR count). The van der Waals surface area contributed by atoms with Crippen LogP contribution in [0.25, 0.3) is 0 Å². The van der Waals surface area contributed by atoms with Gasteiger partial charge in [-0.3, -0.25) is 0 Å². The van der Waals surface area contributed by atoms with Gasteiger partial charge in [-0.1, -0.05) is 39.3 Å². The molecule has 10 N–H and O–H groups in total. The normalized spacial score (nSPS) is 59.3. The standard InChI is InChI=1S/C45H72O18/c1-17-13-28(47)45(63-39(17)55)18(2)29-26(62-45)15-25-23-8-7-21-14-22(9-11-43(21,5)24(23)10-12-44(25,29)6)58-42-38(61-41-35(53)33(51)31(49)20(4)57-41)36(54)37(27(16-46)59-42)60-40-34(52)32(50)30(48)19(3)56-40/h7,17-20,22-42,46-55H,8-16H2,1-6H3/t17-,18+,19+,20+,22+,23-,24+,25+,26+,27-,28+,29+,30+,31+,32-,33-,34-,35-,36+,37-,38-,39-,40+,41+,42-,43+,44+,45-/m1/s1. The van der Waals surface area contributed by atoms with E-state index in [1.54, 1.807) is 0 Å². The van der Waals surface area contributed by atoms with Crippen molar-refractivity contribution in [1.29, 1.82) is 0 Å². The summed E-state index contributed by atoms with van der Waals surface area (Å²) < 4.78 is 49.5. The lowest BCUT2D eigenvalue weighted by Gasteiger charge is -2.59. The summed E-state index contributed by atoms with van der Waals surface area (Å²) in [7, 11) is 0. The van der Waals surface area contributed by atoms with E-state index in [2.05, 4.69) is 26.8 Å². The topological polar surface area (TPSA) is 276 Å². The molecule has 3 saturated carbocycles. The van der Waals surface area contributed by atoms with Gasteiger partial charge in [0.05, 0.1) is 31.0 Å². The number of aliphatic hydroxyl groups excluding tert-OH is 10. The van der Waals surface area contributed by atoms with Gasteiger partial charge in [0.1, 0.15) is 67.1 Å². The molecule has 0 aromatic carbocycles. The van der Waals surface area contributed by atoms with Crippen LogP contribution in [0.5, 0.6) is 0 Å². The first-order chi connectivity index (χ1) is 29.7. The zero-order chi connectivity index (χ0) is 45.2. The van der Waals surface area contributed by atoms with Crippen molar-refractivity contribution in [1.82, 2.24) is 0 Å².